The molecule has 0 heterocycles. The van der Waals surface area contributed by atoms with Crippen LogP contribution in [0.3, 0.4) is 0 Å². The van der Waals surface area contributed by atoms with Crippen LogP contribution in [0.15, 0.2) is 0 Å². The molecule has 0 aromatic heterocycles. The Morgan fingerprint density at radius 1 is 1.00 bits per heavy atom. The second kappa shape index (κ2) is 7.79. The van der Waals surface area contributed by atoms with Crippen molar-refractivity contribution in [3.05, 3.63) is 0 Å². The van der Waals surface area contributed by atoms with E-state index in [1.54, 1.807) is 0 Å². The minimum absolute atomic E-state index is 0.791. The van der Waals surface area contributed by atoms with Crippen LogP contribution in [0.1, 0.15) is 71.6 Å². The molecule has 18 heavy (non-hydrogen) atoms. The summed E-state index contributed by atoms with van der Waals surface area (Å²) in [5, 5.41) is 5.60. The zero-order valence-electron chi connectivity index (χ0n) is 12.3. The Bertz CT molecular complexity index is 231. The highest BCUT2D eigenvalue weighted by Gasteiger charge is 2.28. The lowest BCUT2D eigenvalue weighted by Gasteiger charge is -2.33. The average Bonchev–Trinajstić information content (AvgIpc) is 2.56. The van der Waals surface area contributed by atoms with Crippen LogP contribution in [0.4, 0.5) is 0 Å². The molecule has 2 aliphatic rings. The molecule has 2 saturated carbocycles. The third-order valence-electron chi connectivity index (χ3n) is 4.67. The van der Waals surface area contributed by atoms with Gasteiger partial charge in [0.2, 0.25) is 0 Å². The fourth-order valence-electron chi connectivity index (χ4n) is 3.68. The Kier molecular flexibility index (Phi) is 6.37. The van der Waals surface area contributed by atoms with E-state index in [0.29, 0.717) is 0 Å². The van der Waals surface area contributed by atoms with Gasteiger partial charge in [-0.25, -0.2) is 0 Å². The lowest BCUT2D eigenvalue weighted by molar-refractivity contribution is 0.391. The Hall–Kier alpha value is 0.310. The van der Waals surface area contributed by atoms with E-state index in [4.69, 9.17) is 0 Å². The molecule has 4 unspecified atom stereocenters. The minimum atomic E-state index is 0.791. The highest BCUT2D eigenvalue weighted by atomic mass is 32.2. The van der Waals surface area contributed by atoms with Crippen LogP contribution in [0, 0.1) is 5.92 Å². The van der Waals surface area contributed by atoms with Gasteiger partial charge in [-0.05, 0) is 38.1 Å². The molecule has 0 radical (unpaired) electrons. The van der Waals surface area contributed by atoms with Crippen LogP contribution in [-0.2, 0) is 0 Å². The van der Waals surface area contributed by atoms with Crippen molar-refractivity contribution in [1.82, 2.24) is 5.32 Å². The Balaban J connectivity index is 1.86. The summed E-state index contributed by atoms with van der Waals surface area (Å²) in [4.78, 5) is 0. The van der Waals surface area contributed by atoms with Crippen molar-refractivity contribution in [2.24, 2.45) is 5.92 Å². The highest BCUT2D eigenvalue weighted by molar-refractivity contribution is 8.00. The monoisotopic (exact) mass is 269 g/mol. The van der Waals surface area contributed by atoms with Crippen LogP contribution < -0.4 is 5.32 Å². The van der Waals surface area contributed by atoms with E-state index in [-0.39, 0.29) is 0 Å². The maximum atomic E-state index is 3.75. The van der Waals surface area contributed by atoms with Gasteiger partial charge in [-0.2, -0.15) is 11.8 Å². The summed E-state index contributed by atoms with van der Waals surface area (Å²) in [6, 6.07) is 0.791. The molecule has 0 aromatic rings. The molecule has 4 atom stereocenters. The van der Waals surface area contributed by atoms with Crippen molar-refractivity contribution in [1.29, 1.82) is 0 Å². The number of rotatable bonds is 4. The normalized spacial score (nSPS) is 38.3. The van der Waals surface area contributed by atoms with Gasteiger partial charge in [0, 0.05) is 16.5 Å². The number of hydrogen-bond acceptors (Lipinski definition) is 2. The summed E-state index contributed by atoms with van der Waals surface area (Å²) < 4.78 is 0. The highest BCUT2D eigenvalue weighted by Crippen LogP contribution is 2.38. The first-order chi connectivity index (χ1) is 8.79. The number of hydrogen-bond donors (Lipinski definition) is 1. The summed E-state index contributed by atoms with van der Waals surface area (Å²) in [5.41, 5.74) is 0. The van der Waals surface area contributed by atoms with Gasteiger partial charge >= 0.3 is 0 Å². The van der Waals surface area contributed by atoms with E-state index in [0.717, 1.165) is 29.0 Å². The fraction of sp³-hybridized carbons (Fsp3) is 1.00. The molecule has 0 aliphatic heterocycles. The van der Waals surface area contributed by atoms with Gasteiger partial charge in [-0.15, -0.1) is 0 Å². The molecule has 0 amide bonds. The lowest BCUT2D eigenvalue weighted by Crippen LogP contribution is -2.38. The van der Waals surface area contributed by atoms with Gasteiger partial charge in [0.25, 0.3) is 0 Å². The Labute approximate surface area is 118 Å². The van der Waals surface area contributed by atoms with Crippen LogP contribution in [-0.4, -0.2) is 23.1 Å². The van der Waals surface area contributed by atoms with Gasteiger partial charge < -0.3 is 5.32 Å². The lowest BCUT2D eigenvalue weighted by atomic mass is 9.90. The molecular weight excluding hydrogens is 238 g/mol. The van der Waals surface area contributed by atoms with Crippen LogP contribution in [0.2, 0.25) is 0 Å². The van der Waals surface area contributed by atoms with Gasteiger partial charge in [0.05, 0.1) is 0 Å². The van der Waals surface area contributed by atoms with E-state index in [1.165, 1.54) is 57.8 Å². The smallest absolute Gasteiger partial charge is 0.0203 e. The van der Waals surface area contributed by atoms with Crippen molar-refractivity contribution >= 4 is 11.8 Å². The molecule has 1 N–H and O–H groups in total. The molecule has 2 fully saturated rings. The number of thioether (sulfide) groups is 1. The SMILES string of the molecule is CCNC1CCCCCC1SC1CCCC(C)C1. The van der Waals surface area contributed by atoms with Crippen molar-refractivity contribution in [3.63, 3.8) is 0 Å². The summed E-state index contributed by atoms with van der Waals surface area (Å²) in [6.07, 6.45) is 13.1. The summed E-state index contributed by atoms with van der Waals surface area (Å²) in [5.74, 6) is 0.972. The molecule has 2 rings (SSSR count). The van der Waals surface area contributed by atoms with Crippen LogP contribution >= 0.6 is 11.8 Å². The molecule has 1 nitrogen and oxygen atoms in total. The summed E-state index contributed by atoms with van der Waals surface area (Å²) >= 11 is 2.34. The van der Waals surface area contributed by atoms with E-state index in [1.807, 2.05) is 0 Å². The van der Waals surface area contributed by atoms with Crippen molar-refractivity contribution < 1.29 is 0 Å². The second-order valence-corrected chi connectivity index (χ2v) is 7.91. The van der Waals surface area contributed by atoms with Crippen LogP contribution in [0.25, 0.3) is 0 Å². The molecule has 2 aliphatic carbocycles. The van der Waals surface area contributed by atoms with E-state index < -0.39 is 0 Å². The maximum Gasteiger partial charge on any atom is 0.0203 e. The molecule has 106 valence electrons. The largest absolute Gasteiger partial charge is 0.313 e. The topological polar surface area (TPSA) is 12.0 Å². The number of nitrogens with one attached hydrogen (secondary N) is 1. The van der Waals surface area contributed by atoms with E-state index in [9.17, 15) is 0 Å². The summed E-state index contributed by atoms with van der Waals surface area (Å²) in [7, 11) is 0. The average molecular weight is 269 g/mol. The second-order valence-electron chi connectivity index (χ2n) is 6.37. The Morgan fingerprint density at radius 2 is 1.83 bits per heavy atom. The molecular formula is C16H31NS. The molecule has 0 saturated heterocycles. The molecule has 0 spiro atoms. The Morgan fingerprint density at radius 3 is 2.61 bits per heavy atom. The first-order valence-electron chi connectivity index (χ1n) is 8.18. The first kappa shape index (κ1) is 14.7. The van der Waals surface area contributed by atoms with Crippen LogP contribution in [0.5, 0.6) is 0 Å². The van der Waals surface area contributed by atoms with Crippen molar-refractivity contribution in [3.8, 4) is 0 Å². The van der Waals surface area contributed by atoms with Crippen molar-refractivity contribution in [2.75, 3.05) is 6.54 Å². The van der Waals surface area contributed by atoms with Gasteiger partial charge in [0.15, 0.2) is 0 Å². The molecule has 0 bridgehead atoms. The maximum absolute atomic E-state index is 3.75. The van der Waals surface area contributed by atoms with Gasteiger partial charge in [0.1, 0.15) is 0 Å². The minimum Gasteiger partial charge on any atom is -0.313 e. The third kappa shape index (κ3) is 4.45. The van der Waals surface area contributed by atoms with Crippen molar-refractivity contribution in [2.45, 2.75) is 88.2 Å². The standard InChI is InChI=1S/C16H31NS/c1-3-17-15-10-5-4-6-11-16(15)18-14-9-7-8-13(2)12-14/h13-17H,3-12H2,1-2H3. The molecule has 2 heteroatoms. The van der Waals surface area contributed by atoms with Gasteiger partial charge in [-0.3, -0.25) is 0 Å². The third-order valence-corrected chi connectivity index (χ3v) is 6.40. The predicted octanol–water partition coefficient (Wildman–Crippen LogP) is 4.61. The zero-order chi connectivity index (χ0) is 12.8. The quantitative estimate of drug-likeness (QED) is 0.748. The van der Waals surface area contributed by atoms with E-state index >= 15 is 0 Å². The first-order valence-corrected chi connectivity index (χ1v) is 9.12. The van der Waals surface area contributed by atoms with Gasteiger partial charge in [-0.1, -0.05) is 46.0 Å². The summed E-state index contributed by atoms with van der Waals surface area (Å²) in [6.45, 7) is 5.85. The predicted molar refractivity (Wildman–Crippen MR) is 83.3 cm³/mol. The molecule has 0 aromatic carbocycles. The fourth-order valence-corrected chi connectivity index (χ4v) is 5.64. The zero-order valence-corrected chi connectivity index (χ0v) is 13.1. The van der Waals surface area contributed by atoms with E-state index in [2.05, 4.69) is 30.9 Å².